The smallest absolute Gasteiger partial charge is 0.158 e. The van der Waals surface area contributed by atoms with E-state index in [-0.39, 0.29) is 5.84 Å². The molecule has 2 rings (SSSR count). The van der Waals surface area contributed by atoms with Crippen LogP contribution in [-0.2, 0) is 4.74 Å². The van der Waals surface area contributed by atoms with Crippen LogP contribution < -0.4 is 10.6 Å². The number of hydrogen-bond acceptors (Lipinski definition) is 5. The van der Waals surface area contributed by atoms with Crippen LogP contribution in [0.25, 0.3) is 0 Å². The molecule has 1 aliphatic heterocycles. The maximum Gasteiger partial charge on any atom is 0.158 e. The van der Waals surface area contributed by atoms with Crippen LogP contribution in [0.15, 0.2) is 12.4 Å². The number of anilines is 1. The van der Waals surface area contributed by atoms with Gasteiger partial charge in [0.05, 0.1) is 6.61 Å². The highest BCUT2D eigenvalue weighted by atomic mass is 16.5. The molecule has 0 saturated carbocycles. The predicted octanol–water partition coefficient (Wildman–Crippen LogP) is 0.623. The van der Waals surface area contributed by atoms with Gasteiger partial charge in [-0.25, -0.2) is 9.97 Å². The van der Waals surface area contributed by atoms with Crippen molar-refractivity contribution in [3.05, 3.63) is 18.1 Å². The first-order chi connectivity index (χ1) is 8.72. The van der Waals surface area contributed by atoms with Crippen LogP contribution in [0.4, 0.5) is 5.82 Å². The lowest BCUT2D eigenvalue weighted by molar-refractivity contribution is 0.143. The molecular weight excluding hydrogens is 230 g/mol. The summed E-state index contributed by atoms with van der Waals surface area (Å²) in [6.45, 7) is 2.57. The lowest BCUT2D eigenvalue weighted by Gasteiger charge is -2.33. The molecule has 1 aromatic heterocycles. The van der Waals surface area contributed by atoms with Crippen molar-refractivity contribution < 1.29 is 4.74 Å². The first-order valence-corrected chi connectivity index (χ1v) is 6.11. The fourth-order valence-electron chi connectivity index (χ4n) is 2.38. The third-order valence-electron chi connectivity index (χ3n) is 3.15. The summed E-state index contributed by atoms with van der Waals surface area (Å²) in [4.78, 5) is 10.6. The first-order valence-electron chi connectivity index (χ1n) is 6.11. The van der Waals surface area contributed by atoms with Crippen molar-refractivity contribution in [1.29, 1.82) is 5.41 Å². The van der Waals surface area contributed by atoms with Crippen molar-refractivity contribution in [3.8, 4) is 0 Å². The summed E-state index contributed by atoms with van der Waals surface area (Å²) >= 11 is 0. The molecule has 1 aliphatic rings. The van der Waals surface area contributed by atoms with Crippen LogP contribution in [0, 0.1) is 11.3 Å². The summed E-state index contributed by atoms with van der Waals surface area (Å²) in [5.41, 5.74) is 6.01. The fourth-order valence-corrected chi connectivity index (χ4v) is 2.38. The zero-order valence-electron chi connectivity index (χ0n) is 10.6. The number of rotatable bonds is 4. The highest BCUT2D eigenvalue weighted by Crippen LogP contribution is 2.23. The lowest BCUT2D eigenvalue weighted by Crippen LogP contribution is -2.39. The van der Waals surface area contributed by atoms with Crippen molar-refractivity contribution in [2.75, 3.05) is 31.7 Å². The van der Waals surface area contributed by atoms with E-state index in [0.29, 0.717) is 17.4 Å². The highest BCUT2D eigenvalue weighted by molar-refractivity contribution is 5.97. The van der Waals surface area contributed by atoms with Crippen LogP contribution in [0.3, 0.4) is 0 Å². The topological polar surface area (TPSA) is 88.1 Å². The van der Waals surface area contributed by atoms with E-state index in [1.54, 1.807) is 19.5 Å². The van der Waals surface area contributed by atoms with E-state index >= 15 is 0 Å². The van der Waals surface area contributed by atoms with E-state index in [2.05, 4.69) is 14.9 Å². The van der Waals surface area contributed by atoms with Crippen LogP contribution in [0.1, 0.15) is 18.5 Å². The Hall–Kier alpha value is -1.69. The van der Waals surface area contributed by atoms with Gasteiger partial charge in [0.2, 0.25) is 0 Å². The Morgan fingerprint density at radius 1 is 1.56 bits per heavy atom. The molecule has 1 saturated heterocycles. The standard InChI is InChI=1S/C12H19N5O/c1-18-8-9-3-2-6-17(7-9)12-10(11(13)14)15-4-5-16-12/h4-5,9H,2-3,6-8H2,1H3,(H3,13,14). The van der Waals surface area contributed by atoms with Gasteiger partial charge in [-0.15, -0.1) is 0 Å². The molecule has 0 bridgehead atoms. The second-order valence-electron chi connectivity index (χ2n) is 4.55. The maximum absolute atomic E-state index is 7.55. The van der Waals surface area contributed by atoms with E-state index in [1.165, 1.54) is 6.42 Å². The summed E-state index contributed by atoms with van der Waals surface area (Å²) in [5.74, 6) is 1.18. The number of nitrogens with zero attached hydrogens (tertiary/aromatic N) is 3. The van der Waals surface area contributed by atoms with Crippen LogP contribution in [0.5, 0.6) is 0 Å². The fraction of sp³-hybridized carbons (Fsp3) is 0.583. The Kier molecular flexibility index (Phi) is 4.09. The molecule has 6 heteroatoms. The zero-order chi connectivity index (χ0) is 13.0. The molecule has 1 atom stereocenters. The first kappa shape index (κ1) is 12.8. The lowest BCUT2D eigenvalue weighted by atomic mass is 9.99. The van der Waals surface area contributed by atoms with Gasteiger partial charge in [0.15, 0.2) is 5.82 Å². The number of nitrogens with one attached hydrogen (secondary N) is 1. The monoisotopic (exact) mass is 249 g/mol. The van der Waals surface area contributed by atoms with Crippen LogP contribution in [0.2, 0.25) is 0 Å². The minimum Gasteiger partial charge on any atom is -0.384 e. The molecule has 98 valence electrons. The summed E-state index contributed by atoms with van der Waals surface area (Å²) < 4.78 is 5.21. The summed E-state index contributed by atoms with van der Waals surface area (Å²) in [6.07, 6.45) is 5.47. The van der Waals surface area contributed by atoms with Crippen molar-refractivity contribution in [3.63, 3.8) is 0 Å². The third-order valence-corrected chi connectivity index (χ3v) is 3.15. The van der Waals surface area contributed by atoms with Crippen molar-refractivity contribution in [1.82, 2.24) is 9.97 Å². The predicted molar refractivity (Wildman–Crippen MR) is 69.9 cm³/mol. The molecule has 2 heterocycles. The minimum atomic E-state index is -0.0352. The normalized spacial score (nSPS) is 19.8. The largest absolute Gasteiger partial charge is 0.384 e. The average molecular weight is 249 g/mol. The summed E-state index contributed by atoms with van der Waals surface area (Å²) in [7, 11) is 1.72. The molecule has 0 aliphatic carbocycles. The molecular formula is C12H19N5O. The van der Waals surface area contributed by atoms with E-state index in [1.807, 2.05) is 0 Å². The third kappa shape index (κ3) is 2.76. The molecule has 0 aromatic carbocycles. The number of hydrogen-bond donors (Lipinski definition) is 2. The van der Waals surface area contributed by atoms with Crippen molar-refractivity contribution in [2.24, 2.45) is 11.7 Å². The SMILES string of the molecule is COCC1CCCN(c2nccnc2C(=N)N)C1. The van der Waals surface area contributed by atoms with E-state index in [0.717, 1.165) is 26.1 Å². The highest BCUT2D eigenvalue weighted by Gasteiger charge is 2.23. The van der Waals surface area contributed by atoms with E-state index < -0.39 is 0 Å². The van der Waals surface area contributed by atoms with Crippen molar-refractivity contribution in [2.45, 2.75) is 12.8 Å². The second kappa shape index (κ2) is 5.77. The number of nitrogen functional groups attached to an aromatic ring is 1. The number of methoxy groups -OCH3 is 1. The number of ether oxygens (including phenoxy) is 1. The summed E-state index contributed by atoms with van der Waals surface area (Å²) in [5, 5.41) is 7.55. The number of aromatic nitrogens is 2. The molecule has 1 unspecified atom stereocenters. The average Bonchev–Trinajstić information content (AvgIpc) is 2.39. The van der Waals surface area contributed by atoms with Crippen LogP contribution >= 0.6 is 0 Å². The Morgan fingerprint density at radius 3 is 3.06 bits per heavy atom. The van der Waals surface area contributed by atoms with Gasteiger partial charge in [-0.05, 0) is 18.8 Å². The Labute approximate surface area is 107 Å². The molecule has 3 N–H and O–H groups in total. The van der Waals surface area contributed by atoms with Crippen LogP contribution in [-0.4, -0.2) is 42.6 Å². The van der Waals surface area contributed by atoms with Gasteiger partial charge >= 0.3 is 0 Å². The van der Waals surface area contributed by atoms with Gasteiger partial charge < -0.3 is 15.4 Å². The minimum absolute atomic E-state index is 0.0352. The van der Waals surface area contributed by atoms with E-state index in [4.69, 9.17) is 15.9 Å². The quantitative estimate of drug-likeness (QED) is 0.603. The van der Waals surface area contributed by atoms with Gasteiger partial charge in [-0.2, -0.15) is 0 Å². The molecule has 1 fully saturated rings. The van der Waals surface area contributed by atoms with Gasteiger partial charge in [-0.1, -0.05) is 0 Å². The molecule has 6 nitrogen and oxygen atoms in total. The Balaban J connectivity index is 2.18. The van der Waals surface area contributed by atoms with E-state index in [9.17, 15) is 0 Å². The second-order valence-corrected chi connectivity index (χ2v) is 4.55. The van der Waals surface area contributed by atoms with Crippen molar-refractivity contribution >= 4 is 11.7 Å². The molecule has 18 heavy (non-hydrogen) atoms. The van der Waals surface area contributed by atoms with Gasteiger partial charge in [0.25, 0.3) is 0 Å². The van der Waals surface area contributed by atoms with Gasteiger partial charge in [0.1, 0.15) is 11.5 Å². The Bertz CT molecular complexity index is 421. The number of amidine groups is 1. The van der Waals surface area contributed by atoms with Gasteiger partial charge in [0, 0.05) is 32.6 Å². The Morgan fingerprint density at radius 2 is 2.33 bits per heavy atom. The zero-order valence-corrected chi connectivity index (χ0v) is 10.6. The van der Waals surface area contributed by atoms with Gasteiger partial charge in [-0.3, -0.25) is 5.41 Å². The molecule has 0 spiro atoms. The number of nitrogens with two attached hydrogens (primary N) is 1. The molecule has 0 radical (unpaired) electrons. The molecule has 1 aromatic rings. The molecule has 0 amide bonds. The summed E-state index contributed by atoms with van der Waals surface area (Å²) in [6, 6.07) is 0. The number of piperidine rings is 1. The maximum atomic E-state index is 7.55.